The molecule has 1 aliphatic heterocycles. The van der Waals surface area contributed by atoms with Crippen LogP contribution < -0.4 is 5.32 Å². The van der Waals surface area contributed by atoms with E-state index in [0.717, 1.165) is 0 Å². The van der Waals surface area contributed by atoms with Gasteiger partial charge in [0.05, 0.1) is 5.75 Å². The summed E-state index contributed by atoms with van der Waals surface area (Å²) in [7, 11) is -3.26. The summed E-state index contributed by atoms with van der Waals surface area (Å²) in [5, 5.41) is 2.62. The molecule has 0 aromatic carbocycles. The van der Waals surface area contributed by atoms with Gasteiger partial charge in [0.2, 0.25) is 15.9 Å². The predicted octanol–water partition coefficient (Wildman–Crippen LogP) is -0.676. The second-order valence-electron chi connectivity index (χ2n) is 3.07. The van der Waals surface area contributed by atoms with Gasteiger partial charge < -0.3 is 5.32 Å². The number of hydrogen-bond acceptors (Lipinski definition) is 3. The number of nitrogens with one attached hydrogen (secondary N) is 1. The first-order valence-corrected chi connectivity index (χ1v) is 6.02. The van der Waals surface area contributed by atoms with Crippen molar-refractivity contribution >= 4 is 15.9 Å². The third-order valence-electron chi connectivity index (χ3n) is 1.99. The average molecular weight is 218 g/mol. The standard InChI is InChI=1S/C8H14N2O3S/c1-2-7-14(12,13)10-5-3-8(11)9-4-6-10/h2H,1,3-7H2,(H,9,11). The van der Waals surface area contributed by atoms with Crippen LogP contribution in [0, 0.1) is 0 Å². The zero-order chi connectivity index (χ0) is 10.6. The Morgan fingerprint density at radius 3 is 2.86 bits per heavy atom. The minimum absolute atomic E-state index is 0.0683. The highest BCUT2D eigenvalue weighted by atomic mass is 32.2. The lowest BCUT2D eigenvalue weighted by Crippen LogP contribution is -2.35. The quantitative estimate of drug-likeness (QED) is 0.638. The molecule has 0 aliphatic carbocycles. The second kappa shape index (κ2) is 4.56. The van der Waals surface area contributed by atoms with Crippen molar-refractivity contribution in [1.82, 2.24) is 9.62 Å². The Morgan fingerprint density at radius 1 is 1.50 bits per heavy atom. The zero-order valence-corrected chi connectivity index (χ0v) is 8.72. The van der Waals surface area contributed by atoms with Crippen molar-refractivity contribution in [2.24, 2.45) is 0 Å². The first kappa shape index (κ1) is 11.2. The normalized spacial score (nSPS) is 19.9. The number of carbonyl (C=O) groups is 1. The SMILES string of the molecule is C=CCS(=O)(=O)N1CCNC(=O)CC1. The van der Waals surface area contributed by atoms with Gasteiger partial charge in [-0.1, -0.05) is 6.08 Å². The number of amides is 1. The van der Waals surface area contributed by atoms with Crippen LogP contribution >= 0.6 is 0 Å². The van der Waals surface area contributed by atoms with Crippen LogP contribution in [-0.4, -0.2) is 44.0 Å². The smallest absolute Gasteiger partial charge is 0.221 e. The third kappa shape index (κ3) is 2.81. The highest BCUT2D eigenvalue weighted by Crippen LogP contribution is 2.05. The maximum Gasteiger partial charge on any atom is 0.221 e. The van der Waals surface area contributed by atoms with Gasteiger partial charge in [-0.3, -0.25) is 4.79 Å². The van der Waals surface area contributed by atoms with Gasteiger partial charge in [-0.05, 0) is 0 Å². The fourth-order valence-electron chi connectivity index (χ4n) is 1.28. The largest absolute Gasteiger partial charge is 0.355 e. The molecule has 0 aromatic rings. The van der Waals surface area contributed by atoms with Crippen LogP contribution in [0.25, 0.3) is 0 Å². The van der Waals surface area contributed by atoms with E-state index >= 15 is 0 Å². The van der Waals surface area contributed by atoms with Gasteiger partial charge in [-0.25, -0.2) is 8.42 Å². The maximum absolute atomic E-state index is 11.6. The van der Waals surface area contributed by atoms with Gasteiger partial charge in [0.25, 0.3) is 0 Å². The molecular formula is C8H14N2O3S. The monoisotopic (exact) mass is 218 g/mol. The van der Waals surface area contributed by atoms with Crippen molar-refractivity contribution in [1.29, 1.82) is 0 Å². The average Bonchev–Trinajstić information content (AvgIpc) is 2.30. The van der Waals surface area contributed by atoms with E-state index < -0.39 is 10.0 Å². The topological polar surface area (TPSA) is 66.5 Å². The van der Waals surface area contributed by atoms with Crippen LogP contribution in [0.2, 0.25) is 0 Å². The predicted molar refractivity (Wildman–Crippen MR) is 53.2 cm³/mol. The van der Waals surface area contributed by atoms with Crippen LogP contribution in [0.15, 0.2) is 12.7 Å². The molecule has 5 nitrogen and oxygen atoms in total. The Morgan fingerprint density at radius 2 is 2.21 bits per heavy atom. The Balaban J connectivity index is 2.68. The summed E-state index contributed by atoms with van der Waals surface area (Å²) in [5.74, 6) is -0.164. The lowest BCUT2D eigenvalue weighted by Gasteiger charge is -2.17. The van der Waals surface area contributed by atoms with Gasteiger partial charge in [0.15, 0.2) is 0 Å². The van der Waals surface area contributed by atoms with E-state index in [9.17, 15) is 13.2 Å². The lowest BCUT2D eigenvalue weighted by molar-refractivity contribution is -0.120. The van der Waals surface area contributed by atoms with Crippen LogP contribution in [0.1, 0.15) is 6.42 Å². The van der Waals surface area contributed by atoms with E-state index in [-0.39, 0.29) is 24.6 Å². The molecule has 0 saturated carbocycles. The van der Waals surface area contributed by atoms with Crippen LogP contribution in [0.3, 0.4) is 0 Å². The fraction of sp³-hybridized carbons (Fsp3) is 0.625. The first-order valence-electron chi connectivity index (χ1n) is 4.41. The minimum Gasteiger partial charge on any atom is -0.355 e. The fourth-order valence-corrected chi connectivity index (χ4v) is 2.53. The number of hydrogen-bond donors (Lipinski definition) is 1. The molecule has 0 atom stereocenters. The van der Waals surface area contributed by atoms with E-state index in [2.05, 4.69) is 11.9 Å². The Bertz CT molecular complexity index is 323. The summed E-state index contributed by atoms with van der Waals surface area (Å²) in [5.41, 5.74) is 0. The van der Waals surface area contributed by atoms with E-state index in [1.165, 1.54) is 10.4 Å². The molecule has 1 heterocycles. The van der Waals surface area contributed by atoms with Crippen molar-refractivity contribution in [2.45, 2.75) is 6.42 Å². The van der Waals surface area contributed by atoms with Crippen LogP contribution in [0.4, 0.5) is 0 Å². The molecule has 1 rings (SSSR count). The van der Waals surface area contributed by atoms with Crippen molar-refractivity contribution in [2.75, 3.05) is 25.4 Å². The highest BCUT2D eigenvalue weighted by molar-refractivity contribution is 7.89. The molecule has 0 radical (unpaired) electrons. The third-order valence-corrected chi connectivity index (χ3v) is 3.80. The van der Waals surface area contributed by atoms with Crippen LogP contribution in [-0.2, 0) is 14.8 Å². The summed E-state index contributed by atoms with van der Waals surface area (Å²) in [6, 6.07) is 0. The highest BCUT2D eigenvalue weighted by Gasteiger charge is 2.23. The maximum atomic E-state index is 11.6. The zero-order valence-electron chi connectivity index (χ0n) is 7.90. The number of carbonyl (C=O) groups excluding carboxylic acids is 1. The molecule has 1 saturated heterocycles. The molecule has 1 amide bonds. The molecule has 0 spiro atoms. The molecule has 1 N–H and O–H groups in total. The first-order chi connectivity index (χ1) is 6.56. The van der Waals surface area contributed by atoms with Gasteiger partial charge in [-0.2, -0.15) is 4.31 Å². The van der Waals surface area contributed by atoms with Gasteiger partial charge in [0, 0.05) is 26.1 Å². The summed E-state index contributed by atoms with van der Waals surface area (Å²) in [6.07, 6.45) is 1.59. The minimum atomic E-state index is -3.26. The van der Waals surface area contributed by atoms with Gasteiger partial charge in [0.1, 0.15) is 0 Å². The molecule has 0 bridgehead atoms. The Labute approximate surface area is 83.8 Å². The Kier molecular flexibility index (Phi) is 3.65. The number of nitrogens with zero attached hydrogens (tertiary/aromatic N) is 1. The second-order valence-corrected chi connectivity index (χ2v) is 5.08. The van der Waals surface area contributed by atoms with E-state index in [1.807, 2.05) is 0 Å². The van der Waals surface area contributed by atoms with Crippen molar-refractivity contribution in [3.05, 3.63) is 12.7 Å². The van der Waals surface area contributed by atoms with E-state index in [1.54, 1.807) is 0 Å². The molecule has 6 heteroatoms. The van der Waals surface area contributed by atoms with Gasteiger partial charge >= 0.3 is 0 Å². The van der Waals surface area contributed by atoms with E-state index in [0.29, 0.717) is 13.1 Å². The molecule has 1 aliphatic rings. The molecule has 1 fully saturated rings. The molecule has 0 aromatic heterocycles. The molecule has 80 valence electrons. The molecule has 0 unspecified atom stereocenters. The summed E-state index contributed by atoms with van der Waals surface area (Å²) in [6.45, 7) is 4.39. The van der Waals surface area contributed by atoms with Gasteiger partial charge in [-0.15, -0.1) is 6.58 Å². The summed E-state index contributed by atoms with van der Waals surface area (Å²) in [4.78, 5) is 11.0. The van der Waals surface area contributed by atoms with E-state index in [4.69, 9.17) is 0 Å². The molecular weight excluding hydrogens is 204 g/mol. The number of sulfonamides is 1. The Hall–Kier alpha value is -0.880. The lowest BCUT2D eigenvalue weighted by atomic mass is 10.4. The summed E-state index contributed by atoms with van der Waals surface area (Å²) < 4.78 is 24.4. The molecule has 14 heavy (non-hydrogen) atoms. The summed E-state index contributed by atoms with van der Waals surface area (Å²) >= 11 is 0. The van der Waals surface area contributed by atoms with Crippen molar-refractivity contribution < 1.29 is 13.2 Å². The number of rotatable bonds is 3. The van der Waals surface area contributed by atoms with Crippen LogP contribution in [0.5, 0.6) is 0 Å². The van der Waals surface area contributed by atoms with Crippen molar-refractivity contribution in [3.63, 3.8) is 0 Å². The van der Waals surface area contributed by atoms with Crippen molar-refractivity contribution in [3.8, 4) is 0 Å².